The molecule has 2 aromatic rings. The number of piperidine rings is 1. The number of hydrogen-bond donors (Lipinski definition) is 1. The highest BCUT2D eigenvalue weighted by atomic mass is 32.2. The molecule has 0 aromatic carbocycles. The maximum Gasteiger partial charge on any atom is 0.348 e. The lowest BCUT2D eigenvalue weighted by Gasteiger charge is -2.41. The minimum absolute atomic E-state index is 0.00130. The van der Waals surface area contributed by atoms with Crippen molar-refractivity contribution in [3.8, 4) is 11.8 Å². The Kier molecular flexibility index (Phi) is 8.89. The van der Waals surface area contributed by atoms with Crippen molar-refractivity contribution in [2.45, 2.75) is 77.2 Å². The number of carbonyl (C=O) groups is 2. The third-order valence-corrected chi connectivity index (χ3v) is 10.7. The van der Waals surface area contributed by atoms with Gasteiger partial charge in [0.25, 0.3) is 0 Å². The third-order valence-electron chi connectivity index (χ3n) is 7.54. The van der Waals surface area contributed by atoms with Gasteiger partial charge >= 0.3 is 5.97 Å². The van der Waals surface area contributed by atoms with Crippen LogP contribution in [0.25, 0.3) is 0 Å². The summed E-state index contributed by atoms with van der Waals surface area (Å²) in [6.07, 6.45) is 7.98. The molecule has 2 aromatic heterocycles. The molecule has 1 saturated carbocycles. The zero-order chi connectivity index (χ0) is 28.4. The quantitative estimate of drug-likeness (QED) is 0.364. The number of carboxylic acids is 1. The van der Waals surface area contributed by atoms with Gasteiger partial charge in [0, 0.05) is 42.9 Å². The second kappa shape index (κ2) is 11.8. The molecule has 3 heterocycles. The number of aromatic nitrogens is 1. The first-order valence-electron chi connectivity index (χ1n) is 13.6. The highest BCUT2D eigenvalue weighted by Gasteiger charge is 2.38. The average molecular weight is 570 g/mol. The van der Waals surface area contributed by atoms with Gasteiger partial charge in [-0.1, -0.05) is 18.8 Å². The fourth-order valence-electron chi connectivity index (χ4n) is 5.30. The monoisotopic (exact) mass is 569 g/mol. The Morgan fingerprint density at radius 2 is 1.85 bits per heavy atom. The van der Waals surface area contributed by atoms with Gasteiger partial charge in [0.1, 0.15) is 4.88 Å². The molecule has 0 spiro atoms. The van der Waals surface area contributed by atoms with E-state index in [-0.39, 0.29) is 28.2 Å². The highest BCUT2D eigenvalue weighted by molar-refractivity contribution is 7.98. The van der Waals surface area contributed by atoms with Crippen LogP contribution in [0.5, 0.6) is 0 Å². The lowest BCUT2D eigenvalue weighted by molar-refractivity contribution is -0.124. The highest BCUT2D eigenvalue weighted by Crippen LogP contribution is 2.38. The van der Waals surface area contributed by atoms with Crippen LogP contribution in [0.2, 0.25) is 0 Å². The largest absolute Gasteiger partial charge is 0.477 e. The van der Waals surface area contributed by atoms with Gasteiger partial charge in [-0.25, -0.2) is 13.3 Å². The van der Waals surface area contributed by atoms with Crippen LogP contribution in [0.3, 0.4) is 0 Å². The smallest absolute Gasteiger partial charge is 0.348 e. The van der Waals surface area contributed by atoms with E-state index in [1.165, 1.54) is 0 Å². The van der Waals surface area contributed by atoms with Gasteiger partial charge < -0.3 is 10.0 Å². The second-order valence-electron chi connectivity index (χ2n) is 11.8. The average Bonchev–Trinajstić information content (AvgIpc) is 3.33. The van der Waals surface area contributed by atoms with Crippen molar-refractivity contribution in [1.29, 1.82) is 0 Å². The molecule has 1 aliphatic heterocycles. The maximum absolute atomic E-state index is 14.1. The van der Waals surface area contributed by atoms with E-state index in [2.05, 4.69) is 29.6 Å². The number of hydrogen-bond acceptors (Lipinski definition) is 5. The van der Waals surface area contributed by atoms with Crippen LogP contribution in [0, 0.1) is 29.1 Å². The van der Waals surface area contributed by atoms with Crippen molar-refractivity contribution >= 4 is 44.5 Å². The number of carbonyl (C=O) groups excluding carboxylic acids is 1. The number of aromatic carboxylic acids is 1. The Hall–Kier alpha value is -2.67. The summed E-state index contributed by atoms with van der Waals surface area (Å²) in [6.45, 7) is 9.20. The van der Waals surface area contributed by atoms with Crippen LogP contribution in [0.1, 0.15) is 80.8 Å². The minimum Gasteiger partial charge on any atom is -0.477 e. The molecule has 2 fully saturated rings. The van der Waals surface area contributed by atoms with Gasteiger partial charge in [0.2, 0.25) is 5.91 Å². The molecule has 7 nitrogen and oxygen atoms in total. The zero-order valence-electron chi connectivity index (χ0n) is 23.3. The third kappa shape index (κ3) is 6.92. The van der Waals surface area contributed by atoms with E-state index in [4.69, 9.17) is 0 Å². The molecule has 0 bridgehead atoms. The SMILES string of the molecule is C=S(=O)(c1cccnc1)N1CCC(N(c2cc(C#CC(C)(C)C)sc2C(=O)O)C(=O)[C@H]2CC[C@H](C)CC2)CC1. The normalized spacial score (nSPS) is 22.4. The van der Waals surface area contributed by atoms with E-state index >= 15 is 0 Å². The van der Waals surface area contributed by atoms with Crippen molar-refractivity contribution < 1.29 is 18.9 Å². The Balaban J connectivity index is 1.66. The summed E-state index contributed by atoms with van der Waals surface area (Å²) in [5.74, 6) is 9.76. The van der Waals surface area contributed by atoms with Gasteiger partial charge in [0.05, 0.1) is 25.2 Å². The Bertz CT molecular complexity index is 1350. The lowest BCUT2D eigenvalue weighted by atomic mass is 9.82. The van der Waals surface area contributed by atoms with Gasteiger partial charge in [-0.3, -0.25) is 9.78 Å². The van der Waals surface area contributed by atoms with E-state index in [9.17, 15) is 18.9 Å². The second-order valence-corrected chi connectivity index (χ2v) is 15.1. The molecule has 1 unspecified atom stereocenters. The number of pyridine rings is 1. The molecule has 2 aliphatic rings. The molecule has 1 aliphatic carbocycles. The first-order valence-corrected chi connectivity index (χ1v) is 16.1. The van der Waals surface area contributed by atoms with Crippen molar-refractivity contribution in [3.63, 3.8) is 0 Å². The summed E-state index contributed by atoms with van der Waals surface area (Å²) >= 11 is 1.13. The number of anilines is 1. The van der Waals surface area contributed by atoms with Crippen molar-refractivity contribution in [3.05, 3.63) is 40.3 Å². The summed E-state index contributed by atoms with van der Waals surface area (Å²) in [7, 11) is -2.70. The predicted molar refractivity (Wildman–Crippen MR) is 159 cm³/mol. The standard InChI is InChI=1S/C30H39N3O4S2/c1-21-8-10-22(11-9-21)28(34)33(26-19-24(12-15-30(2,3)4)38-27(26)29(35)36)23-13-17-32(18-14-23)39(5,37)25-7-6-16-31-20-25/h6-7,16,19-23H,5,8-11,13-14,17-18H2,1-4H3,(H,35,36)/t21-,22-,39?. The zero-order valence-corrected chi connectivity index (χ0v) is 24.9. The first-order chi connectivity index (χ1) is 18.4. The first kappa shape index (κ1) is 29.3. The van der Waals surface area contributed by atoms with Crippen molar-refractivity contribution in [2.24, 2.45) is 17.3 Å². The molecular weight excluding hydrogens is 530 g/mol. The topological polar surface area (TPSA) is 90.8 Å². The van der Waals surface area contributed by atoms with Crippen LogP contribution in [0.4, 0.5) is 5.69 Å². The predicted octanol–water partition coefficient (Wildman–Crippen LogP) is 5.55. The summed E-state index contributed by atoms with van der Waals surface area (Å²) in [4.78, 5) is 33.7. The molecule has 210 valence electrons. The van der Waals surface area contributed by atoms with Crippen molar-refractivity contribution in [2.75, 3.05) is 18.0 Å². The molecule has 0 radical (unpaired) electrons. The molecule has 1 amide bonds. The molecule has 39 heavy (non-hydrogen) atoms. The lowest BCUT2D eigenvalue weighted by Crippen LogP contribution is -2.51. The molecule has 4 rings (SSSR count). The van der Waals surface area contributed by atoms with Crippen LogP contribution in [0.15, 0.2) is 35.5 Å². The molecule has 9 heteroatoms. The van der Waals surface area contributed by atoms with Crippen LogP contribution >= 0.6 is 11.3 Å². The van der Waals surface area contributed by atoms with Crippen LogP contribution in [-0.4, -0.2) is 55.5 Å². The van der Waals surface area contributed by atoms with Gasteiger partial charge in [-0.05, 0) is 89.3 Å². The number of amides is 1. The van der Waals surface area contributed by atoms with Crippen LogP contribution < -0.4 is 4.90 Å². The number of carboxylic acid groups (broad SMARTS) is 1. The van der Waals surface area contributed by atoms with Crippen molar-refractivity contribution in [1.82, 2.24) is 9.29 Å². The number of rotatable bonds is 6. The van der Waals surface area contributed by atoms with Gasteiger partial charge in [0.15, 0.2) is 0 Å². The summed E-state index contributed by atoms with van der Waals surface area (Å²) in [6, 6.07) is 5.11. The molecule has 1 saturated heterocycles. The fraction of sp³-hybridized carbons (Fsp3) is 0.533. The summed E-state index contributed by atoms with van der Waals surface area (Å²) in [5.41, 5.74) is 0.208. The van der Waals surface area contributed by atoms with E-state index in [1.54, 1.807) is 35.5 Å². The molecular formula is C30H39N3O4S2. The molecule has 1 N–H and O–H groups in total. The van der Waals surface area contributed by atoms with E-state index < -0.39 is 15.7 Å². The van der Waals surface area contributed by atoms with E-state index in [1.807, 2.05) is 25.1 Å². The van der Waals surface area contributed by atoms with E-state index in [0.29, 0.717) is 47.3 Å². The Morgan fingerprint density at radius 3 is 2.41 bits per heavy atom. The summed E-state index contributed by atoms with van der Waals surface area (Å²) < 4.78 is 15.5. The number of nitrogens with zero attached hydrogens (tertiary/aromatic N) is 3. The van der Waals surface area contributed by atoms with Gasteiger partial charge in [-0.15, -0.1) is 11.3 Å². The summed E-state index contributed by atoms with van der Waals surface area (Å²) in [5, 5.41) is 10.1. The van der Waals surface area contributed by atoms with Crippen LogP contribution in [-0.2, 0) is 14.5 Å². The fourth-order valence-corrected chi connectivity index (χ4v) is 7.76. The minimum atomic E-state index is -2.70. The van der Waals surface area contributed by atoms with Gasteiger partial charge in [-0.2, -0.15) is 0 Å². The Labute approximate surface area is 236 Å². The maximum atomic E-state index is 14.1. The molecule has 1 atom stereocenters. The van der Waals surface area contributed by atoms with E-state index in [0.717, 1.165) is 37.0 Å². The number of thiophene rings is 1. The Morgan fingerprint density at radius 1 is 1.18 bits per heavy atom.